The minimum atomic E-state index is -0.131. The van der Waals surface area contributed by atoms with Gasteiger partial charge in [-0.15, -0.1) is 21.5 Å². The molecule has 27 heavy (non-hydrogen) atoms. The van der Waals surface area contributed by atoms with Gasteiger partial charge in [-0.1, -0.05) is 6.07 Å². The predicted octanol–water partition coefficient (Wildman–Crippen LogP) is 4.08. The van der Waals surface area contributed by atoms with Gasteiger partial charge >= 0.3 is 0 Å². The van der Waals surface area contributed by atoms with E-state index in [4.69, 9.17) is 4.74 Å². The van der Waals surface area contributed by atoms with Crippen molar-refractivity contribution in [3.05, 3.63) is 76.7 Å². The molecule has 0 saturated carbocycles. The van der Waals surface area contributed by atoms with Crippen LogP contribution in [0.3, 0.4) is 0 Å². The molecule has 8 heteroatoms. The molecule has 0 spiro atoms. The van der Waals surface area contributed by atoms with E-state index in [0.717, 1.165) is 5.69 Å². The molecule has 0 aliphatic heterocycles. The predicted molar refractivity (Wildman–Crippen MR) is 103 cm³/mol. The fourth-order valence-corrected chi connectivity index (χ4v) is 2.98. The average molecular weight is 377 g/mol. The van der Waals surface area contributed by atoms with E-state index in [1.54, 1.807) is 47.1 Å². The van der Waals surface area contributed by atoms with Crippen molar-refractivity contribution in [2.45, 2.75) is 6.92 Å². The van der Waals surface area contributed by atoms with Crippen LogP contribution in [0.4, 0.5) is 5.69 Å². The van der Waals surface area contributed by atoms with Gasteiger partial charge in [0.1, 0.15) is 5.75 Å². The summed E-state index contributed by atoms with van der Waals surface area (Å²) in [5.74, 6) is 1.45. The number of thiophene rings is 1. The van der Waals surface area contributed by atoms with Crippen molar-refractivity contribution in [1.29, 1.82) is 0 Å². The molecular formula is C19H15N5O2S. The number of hydrogen-bond acceptors (Lipinski definition) is 6. The van der Waals surface area contributed by atoms with Crippen molar-refractivity contribution in [3.63, 3.8) is 0 Å². The van der Waals surface area contributed by atoms with Crippen LogP contribution in [-0.2, 0) is 0 Å². The number of hydrogen-bond donors (Lipinski definition) is 1. The summed E-state index contributed by atoms with van der Waals surface area (Å²) in [5, 5.41) is 17.2. The average Bonchev–Trinajstić information content (AvgIpc) is 3.36. The van der Waals surface area contributed by atoms with E-state index in [-0.39, 0.29) is 5.91 Å². The van der Waals surface area contributed by atoms with Crippen molar-refractivity contribution < 1.29 is 9.53 Å². The summed E-state index contributed by atoms with van der Waals surface area (Å²) in [4.78, 5) is 12.7. The third-order valence-corrected chi connectivity index (χ3v) is 4.53. The lowest BCUT2D eigenvalue weighted by atomic mass is 10.3. The molecule has 0 aliphatic carbocycles. The Bertz CT molecular complexity index is 1040. The highest BCUT2D eigenvalue weighted by atomic mass is 32.1. The van der Waals surface area contributed by atoms with Crippen molar-refractivity contribution in [1.82, 2.24) is 20.0 Å². The summed E-state index contributed by atoms with van der Waals surface area (Å²) in [6, 6.07) is 16.1. The maximum Gasteiger partial charge on any atom is 0.265 e. The first-order chi connectivity index (χ1) is 13.2. The van der Waals surface area contributed by atoms with Crippen molar-refractivity contribution in [2.24, 2.45) is 0 Å². The number of nitrogens with zero attached hydrogens (tertiary/aromatic N) is 4. The zero-order valence-electron chi connectivity index (χ0n) is 14.4. The zero-order valence-corrected chi connectivity index (χ0v) is 15.2. The summed E-state index contributed by atoms with van der Waals surface area (Å²) in [5.41, 5.74) is 1.60. The Kier molecular flexibility index (Phi) is 4.63. The van der Waals surface area contributed by atoms with Crippen LogP contribution in [0.1, 0.15) is 15.4 Å². The Morgan fingerprint density at radius 3 is 2.56 bits per heavy atom. The highest BCUT2D eigenvalue weighted by Gasteiger charge is 2.07. The van der Waals surface area contributed by atoms with Crippen molar-refractivity contribution >= 4 is 22.9 Å². The molecule has 0 bridgehead atoms. The first-order valence-corrected chi connectivity index (χ1v) is 9.04. The summed E-state index contributed by atoms with van der Waals surface area (Å²) < 4.78 is 7.34. The van der Waals surface area contributed by atoms with Gasteiger partial charge in [0.25, 0.3) is 5.91 Å². The molecule has 1 amide bonds. The minimum Gasteiger partial charge on any atom is -0.438 e. The van der Waals surface area contributed by atoms with Gasteiger partial charge in [-0.2, -0.15) is 5.10 Å². The van der Waals surface area contributed by atoms with Crippen molar-refractivity contribution in [3.8, 4) is 17.4 Å². The molecule has 134 valence electrons. The van der Waals surface area contributed by atoms with E-state index in [0.29, 0.717) is 28.0 Å². The molecule has 1 aromatic carbocycles. The van der Waals surface area contributed by atoms with E-state index in [1.165, 1.54) is 11.3 Å². The van der Waals surface area contributed by atoms with Gasteiger partial charge in [0.15, 0.2) is 5.82 Å². The third kappa shape index (κ3) is 4.01. The number of ether oxygens (including phenoxy) is 1. The number of aryl methyl sites for hydroxylation is 1. The van der Waals surface area contributed by atoms with Crippen LogP contribution in [0, 0.1) is 6.92 Å². The largest absolute Gasteiger partial charge is 0.438 e. The molecule has 3 heterocycles. The number of amides is 1. The first-order valence-electron chi connectivity index (χ1n) is 8.16. The second-order valence-corrected chi connectivity index (χ2v) is 6.64. The second kappa shape index (κ2) is 7.38. The van der Waals surface area contributed by atoms with Crippen LogP contribution in [0.2, 0.25) is 0 Å². The van der Waals surface area contributed by atoms with Gasteiger partial charge in [-0.25, -0.2) is 4.68 Å². The lowest BCUT2D eigenvalue weighted by molar-refractivity contribution is 0.103. The lowest BCUT2D eigenvalue weighted by Crippen LogP contribution is -2.09. The Hall–Kier alpha value is -3.52. The number of carbonyl (C=O) groups excluding carboxylic acids is 1. The molecule has 4 rings (SSSR count). The van der Waals surface area contributed by atoms with E-state index < -0.39 is 0 Å². The standard InChI is InChI=1S/C19H15N5O2S/c1-13-10-11-24(23-13)17-8-9-18(22-21-17)26-15-6-4-14(5-7-15)20-19(25)16-3-2-12-27-16/h2-12H,1H3,(H,20,25). The number of nitrogens with one attached hydrogen (secondary N) is 1. The minimum absolute atomic E-state index is 0.131. The molecule has 0 unspecified atom stereocenters. The maximum absolute atomic E-state index is 12.0. The molecule has 0 atom stereocenters. The number of anilines is 1. The van der Waals surface area contributed by atoms with Gasteiger partial charge in [0.05, 0.1) is 10.6 Å². The Balaban J connectivity index is 1.40. The van der Waals surface area contributed by atoms with Gasteiger partial charge in [0.2, 0.25) is 5.88 Å². The Labute approximate surface area is 159 Å². The van der Waals surface area contributed by atoms with Crippen LogP contribution >= 0.6 is 11.3 Å². The highest BCUT2D eigenvalue weighted by Crippen LogP contribution is 2.22. The van der Waals surface area contributed by atoms with E-state index in [2.05, 4.69) is 20.6 Å². The van der Waals surface area contributed by atoms with Gasteiger partial charge in [0, 0.05) is 18.0 Å². The smallest absolute Gasteiger partial charge is 0.265 e. The normalized spacial score (nSPS) is 10.6. The maximum atomic E-state index is 12.0. The monoisotopic (exact) mass is 377 g/mol. The van der Waals surface area contributed by atoms with Crippen LogP contribution in [0.25, 0.3) is 5.82 Å². The first kappa shape index (κ1) is 16.9. The second-order valence-electron chi connectivity index (χ2n) is 5.69. The molecule has 7 nitrogen and oxygen atoms in total. The summed E-state index contributed by atoms with van der Waals surface area (Å²) in [6.45, 7) is 1.91. The van der Waals surface area contributed by atoms with E-state index in [1.807, 2.05) is 30.6 Å². The third-order valence-electron chi connectivity index (χ3n) is 3.66. The fourth-order valence-electron chi connectivity index (χ4n) is 2.36. The molecule has 0 fully saturated rings. The molecule has 4 aromatic rings. The fraction of sp³-hybridized carbons (Fsp3) is 0.0526. The highest BCUT2D eigenvalue weighted by molar-refractivity contribution is 7.12. The molecule has 0 aliphatic rings. The van der Waals surface area contributed by atoms with Gasteiger partial charge in [-0.05, 0) is 54.8 Å². The van der Waals surface area contributed by atoms with Crippen LogP contribution < -0.4 is 10.1 Å². The van der Waals surface area contributed by atoms with Crippen LogP contribution in [0.15, 0.2) is 66.2 Å². The number of carbonyl (C=O) groups is 1. The van der Waals surface area contributed by atoms with Crippen LogP contribution in [0.5, 0.6) is 11.6 Å². The zero-order chi connectivity index (χ0) is 18.6. The van der Waals surface area contributed by atoms with E-state index >= 15 is 0 Å². The van der Waals surface area contributed by atoms with Crippen molar-refractivity contribution in [2.75, 3.05) is 5.32 Å². The summed E-state index contributed by atoms with van der Waals surface area (Å²) in [7, 11) is 0. The van der Waals surface area contributed by atoms with Gasteiger partial charge in [-0.3, -0.25) is 4.79 Å². The number of aromatic nitrogens is 4. The van der Waals surface area contributed by atoms with E-state index in [9.17, 15) is 4.79 Å². The number of benzene rings is 1. The quantitative estimate of drug-likeness (QED) is 0.567. The topological polar surface area (TPSA) is 81.9 Å². The molecule has 1 N–H and O–H groups in total. The van der Waals surface area contributed by atoms with Crippen LogP contribution in [-0.4, -0.2) is 25.9 Å². The Morgan fingerprint density at radius 1 is 1.07 bits per heavy atom. The Morgan fingerprint density at radius 2 is 1.93 bits per heavy atom. The molecule has 0 saturated heterocycles. The molecular weight excluding hydrogens is 362 g/mol. The van der Waals surface area contributed by atoms with Gasteiger partial charge < -0.3 is 10.1 Å². The summed E-state index contributed by atoms with van der Waals surface area (Å²) >= 11 is 1.40. The number of rotatable bonds is 5. The summed E-state index contributed by atoms with van der Waals surface area (Å²) in [6.07, 6.45) is 1.82. The lowest BCUT2D eigenvalue weighted by Gasteiger charge is -2.07. The SMILES string of the molecule is Cc1ccn(-c2ccc(Oc3ccc(NC(=O)c4cccs4)cc3)nn2)n1. The molecule has 0 radical (unpaired) electrons. The molecule has 3 aromatic heterocycles.